The Bertz CT molecular complexity index is 672. The average molecular weight is 357 g/mol. The van der Waals surface area contributed by atoms with E-state index in [1.807, 2.05) is 15.9 Å². The zero-order chi connectivity index (χ0) is 17.9. The minimum absolute atomic E-state index is 0.140. The number of fused-ring (bicyclic) bond motifs is 1. The molecule has 2 fully saturated rings. The van der Waals surface area contributed by atoms with Crippen molar-refractivity contribution in [1.82, 2.24) is 14.7 Å². The number of ether oxygens (including phenoxy) is 1. The van der Waals surface area contributed by atoms with Crippen LogP contribution >= 0.6 is 0 Å². The van der Waals surface area contributed by atoms with E-state index in [2.05, 4.69) is 23.1 Å². The fourth-order valence-corrected chi connectivity index (χ4v) is 4.27. The van der Waals surface area contributed by atoms with Gasteiger partial charge in [-0.05, 0) is 36.9 Å². The van der Waals surface area contributed by atoms with Gasteiger partial charge in [0.1, 0.15) is 0 Å². The van der Waals surface area contributed by atoms with Crippen LogP contribution in [-0.2, 0) is 27.3 Å². The van der Waals surface area contributed by atoms with Gasteiger partial charge in [-0.2, -0.15) is 0 Å². The summed E-state index contributed by atoms with van der Waals surface area (Å²) in [6.45, 7) is 5.20. The van der Waals surface area contributed by atoms with Crippen molar-refractivity contribution in [1.29, 1.82) is 0 Å². The van der Waals surface area contributed by atoms with Gasteiger partial charge in [0.15, 0.2) is 0 Å². The predicted octanol–water partition coefficient (Wildman–Crippen LogP) is 0.895. The third-order valence-electron chi connectivity index (χ3n) is 5.79. The predicted molar refractivity (Wildman–Crippen MR) is 97.6 cm³/mol. The fourth-order valence-electron chi connectivity index (χ4n) is 4.27. The number of morpholine rings is 1. The molecular formula is C20H27N3O3. The third-order valence-corrected chi connectivity index (χ3v) is 5.79. The summed E-state index contributed by atoms with van der Waals surface area (Å²) < 4.78 is 5.34. The second-order valence-corrected chi connectivity index (χ2v) is 7.40. The molecular weight excluding hydrogens is 330 g/mol. The molecule has 140 valence electrons. The van der Waals surface area contributed by atoms with E-state index in [1.165, 1.54) is 11.1 Å². The van der Waals surface area contributed by atoms with Gasteiger partial charge >= 0.3 is 0 Å². The maximum absolute atomic E-state index is 12.8. The van der Waals surface area contributed by atoms with Crippen molar-refractivity contribution in [3.8, 4) is 0 Å². The van der Waals surface area contributed by atoms with E-state index in [9.17, 15) is 9.59 Å². The summed E-state index contributed by atoms with van der Waals surface area (Å²) in [5, 5.41) is 0. The lowest BCUT2D eigenvalue weighted by Gasteiger charge is -2.34. The summed E-state index contributed by atoms with van der Waals surface area (Å²) in [6.07, 6.45) is 2.75. The summed E-state index contributed by atoms with van der Waals surface area (Å²) in [5.41, 5.74) is 2.59. The average Bonchev–Trinajstić information content (AvgIpc) is 3.15. The van der Waals surface area contributed by atoms with Crippen LogP contribution in [0.5, 0.6) is 0 Å². The van der Waals surface area contributed by atoms with E-state index >= 15 is 0 Å². The first kappa shape index (κ1) is 17.5. The Morgan fingerprint density at radius 2 is 1.77 bits per heavy atom. The normalized spacial score (nSPS) is 23.8. The van der Waals surface area contributed by atoms with Gasteiger partial charge in [0.2, 0.25) is 11.8 Å². The third kappa shape index (κ3) is 3.62. The van der Waals surface area contributed by atoms with Crippen LogP contribution in [0.2, 0.25) is 0 Å². The van der Waals surface area contributed by atoms with Crippen molar-refractivity contribution in [2.75, 3.05) is 45.9 Å². The summed E-state index contributed by atoms with van der Waals surface area (Å²) in [5.74, 6) is 0.309. The molecule has 0 spiro atoms. The Kier molecular flexibility index (Phi) is 5.22. The SMILES string of the molecule is O=C(CN1CCC[C@@H]1C(=O)N1CCOCC1)N1CCc2ccccc2C1. The quantitative estimate of drug-likeness (QED) is 0.806. The van der Waals surface area contributed by atoms with E-state index in [1.54, 1.807) is 0 Å². The van der Waals surface area contributed by atoms with Crippen LogP contribution in [0.1, 0.15) is 24.0 Å². The topological polar surface area (TPSA) is 53.1 Å². The summed E-state index contributed by atoms with van der Waals surface area (Å²) in [6, 6.07) is 8.20. The van der Waals surface area contributed by atoms with Crippen molar-refractivity contribution < 1.29 is 14.3 Å². The number of nitrogens with zero attached hydrogens (tertiary/aromatic N) is 3. The number of carbonyl (C=O) groups excluding carboxylic acids is 2. The molecule has 2 amide bonds. The highest BCUT2D eigenvalue weighted by atomic mass is 16.5. The van der Waals surface area contributed by atoms with Crippen molar-refractivity contribution in [3.05, 3.63) is 35.4 Å². The second kappa shape index (κ2) is 7.76. The van der Waals surface area contributed by atoms with E-state index < -0.39 is 0 Å². The van der Waals surface area contributed by atoms with Gasteiger partial charge in [0.05, 0.1) is 25.8 Å². The molecule has 3 aliphatic rings. The van der Waals surface area contributed by atoms with Crippen LogP contribution < -0.4 is 0 Å². The van der Waals surface area contributed by atoms with Crippen LogP contribution in [0, 0.1) is 0 Å². The molecule has 0 aromatic heterocycles. The molecule has 3 aliphatic heterocycles. The first-order chi connectivity index (χ1) is 12.7. The minimum atomic E-state index is -0.144. The number of likely N-dealkylation sites (tertiary alicyclic amines) is 1. The van der Waals surface area contributed by atoms with Crippen molar-refractivity contribution in [2.45, 2.75) is 31.8 Å². The van der Waals surface area contributed by atoms with Crippen molar-refractivity contribution >= 4 is 11.8 Å². The van der Waals surface area contributed by atoms with Gasteiger partial charge in [-0.25, -0.2) is 0 Å². The van der Waals surface area contributed by atoms with E-state index in [4.69, 9.17) is 4.74 Å². The monoisotopic (exact) mass is 357 g/mol. The summed E-state index contributed by atoms with van der Waals surface area (Å²) in [7, 11) is 0. The lowest BCUT2D eigenvalue weighted by atomic mass is 10.00. The molecule has 4 rings (SSSR count). The molecule has 1 aromatic rings. The molecule has 1 aromatic carbocycles. The Morgan fingerprint density at radius 3 is 2.58 bits per heavy atom. The molecule has 0 saturated carbocycles. The lowest BCUT2D eigenvalue weighted by molar-refractivity contribution is -0.141. The molecule has 3 heterocycles. The Labute approximate surface area is 154 Å². The minimum Gasteiger partial charge on any atom is -0.378 e. The van der Waals surface area contributed by atoms with E-state index in [0.29, 0.717) is 39.4 Å². The van der Waals surface area contributed by atoms with Crippen LogP contribution in [0.3, 0.4) is 0 Å². The van der Waals surface area contributed by atoms with Crippen LogP contribution in [-0.4, -0.2) is 78.5 Å². The largest absolute Gasteiger partial charge is 0.378 e. The lowest BCUT2D eigenvalue weighted by Crippen LogP contribution is -2.52. The highest BCUT2D eigenvalue weighted by Crippen LogP contribution is 2.22. The Balaban J connectivity index is 1.37. The van der Waals surface area contributed by atoms with Crippen LogP contribution in [0.25, 0.3) is 0 Å². The molecule has 6 nitrogen and oxygen atoms in total. The zero-order valence-corrected chi connectivity index (χ0v) is 15.2. The number of rotatable bonds is 3. The number of benzene rings is 1. The summed E-state index contributed by atoms with van der Waals surface area (Å²) in [4.78, 5) is 31.6. The van der Waals surface area contributed by atoms with Gasteiger partial charge in [-0.15, -0.1) is 0 Å². The van der Waals surface area contributed by atoms with Gasteiger partial charge in [0.25, 0.3) is 0 Å². The molecule has 2 saturated heterocycles. The summed E-state index contributed by atoms with van der Waals surface area (Å²) >= 11 is 0. The number of hydrogen-bond acceptors (Lipinski definition) is 4. The molecule has 0 aliphatic carbocycles. The maximum Gasteiger partial charge on any atom is 0.240 e. The van der Waals surface area contributed by atoms with Gasteiger partial charge < -0.3 is 14.5 Å². The highest BCUT2D eigenvalue weighted by Gasteiger charge is 2.36. The fraction of sp³-hybridized carbons (Fsp3) is 0.600. The number of carbonyl (C=O) groups is 2. The Morgan fingerprint density at radius 1 is 1.00 bits per heavy atom. The van der Waals surface area contributed by atoms with E-state index in [-0.39, 0.29) is 17.9 Å². The van der Waals surface area contributed by atoms with Crippen LogP contribution in [0.15, 0.2) is 24.3 Å². The smallest absolute Gasteiger partial charge is 0.240 e. The molecule has 6 heteroatoms. The Hall–Kier alpha value is -1.92. The van der Waals surface area contributed by atoms with Gasteiger partial charge in [0, 0.05) is 26.2 Å². The maximum atomic E-state index is 12.8. The van der Waals surface area contributed by atoms with Gasteiger partial charge in [-0.1, -0.05) is 24.3 Å². The van der Waals surface area contributed by atoms with Crippen molar-refractivity contribution in [3.63, 3.8) is 0 Å². The van der Waals surface area contributed by atoms with E-state index in [0.717, 1.165) is 32.4 Å². The molecule has 0 N–H and O–H groups in total. The van der Waals surface area contributed by atoms with Gasteiger partial charge in [-0.3, -0.25) is 14.5 Å². The number of amides is 2. The molecule has 1 atom stereocenters. The standard InChI is InChI=1S/C20H27N3O3/c24-19(23-9-7-16-4-1-2-5-17(16)14-23)15-22-8-3-6-18(22)20(25)21-10-12-26-13-11-21/h1-2,4-5,18H,3,6-15H2/t18-/m1/s1. The van der Waals surface area contributed by atoms with Crippen LogP contribution in [0.4, 0.5) is 0 Å². The number of hydrogen-bond donors (Lipinski definition) is 0. The first-order valence-corrected chi connectivity index (χ1v) is 9.67. The molecule has 26 heavy (non-hydrogen) atoms. The highest BCUT2D eigenvalue weighted by molar-refractivity contribution is 5.84. The molecule has 0 unspecified atom stereocenters. The molecule has 0 radical (unpaired) electrons. The first-order valence-electron chi connectivity index (χ1n) is 9.67. The second-order valence-electron chi connectivity index (χ2n) is 7.40. The molecule has 0 bridgehead atoms. The van der Waals surface area contributed by atoms with Crippen molar-refractivity contribution in [2.24, 2.45) is 0 Å². The zero-order valence-electron chi connectivity index (χ0n) is 15.2.